The third-order valence-corrected chi connectivity index (χ3v) is 5.29. The fraction of sp³-hybridized carbons (Fsp3) is 0.222. The summed E-state index contributed by atoms with van der Waals surface area (Å²) in [5, 5.41) is 26.8. The van der Waals surface area contributed by atoms with E-state index in [-0.39, 0.29) is 17.5 Å². The van der Waals surface area contributed by atoms with E-state index in [0.29, 0.717) is 48.0 Å². The number of hydrogen-bond acceptors (Lipinski definition) is 6. The Morgan fingerprint density at radius 2 is 1.35 bits per heavy atom. The summed E-state index contributed by atoms with van der Waals surface area (Å²) < 4.78 is 10.8. The number of urea groups is 1. The predicted octanol–water partition coefficient (Wildman–Crippen LogP) is 5.32. The highest BCUT2D eigenvalue weighted by atomic mass is 16.5. The van der Waals surface area contributed by atoms with Gasteiger partial charge in [-0.2, -0.15) is 0 Å². The van der Waals surface area contributed by atoms with Crippen LogP contribution in [0.1, 0.15) is 36.0 Å². The van der Waals surface area contributed by atoms with Crippen molar-refractivity contribution in [3.8, 4) is 17.2 Å². The van der Waals surface area contributed by atoms with Crippen LogP contribution in [-0.2, 0) is 4.79 Å². The molecule has 0 heterocycles. The average molecular weight is 508 g/mol. The first-order valence-corrected chi connectivity index (χ1v) is 11.6. The summed E-state index contributed by atoms with van der Waals surface area (Å²) in [6.07, 6.45) is 2.48. The first-order valence-electron chi connectivity index (χ1n) is 11.6. The van der Waals surface area contributed by atoms with Gasteiger partial charge in [0, 0.05) is 29.5 Å². The Labute approximate surface area is 214 Å². The predicted molar refractivity (Wildman–Crippen MR) is 140 cm³/mol. The summed E-state index contributed by atoms with van der Waals surface area (Å²) in [6, 6.07) is 17.5. The molecule has 3 aromatic rings. The van der Waals surface area contributed by atoms with Crippen LogP contribution >= 0.6 is 0 Å². The van der Waals surface area contributed by atoms with Crippen molar-refractivity contribution in [1.82, 2.24) is 0 Å². The summed E-state index contributed by atoms with van der Waals surface area (Å²) in [5.74, 6) is -0.483. The molecule has 0 aliphatic carbocycles. The number of benzene rings is 3. The fourth-order valence-electron chi connectivity index (χ4n) is 3.37. The van der Waals surface area contributed by atoms with Crippen LogP contribution in [0.5, 0.6) is 17.2 Å². The highest BCUT2D eigenvalue weighted by molar-refractivity contribution is 5.99. The summed E-state index contributed by atoms with van der Waals surface area (Å²) >= 11 is 0. The first kappa shape index (κ1) is 26.9. The van der Waals surface area contributed by atoms with Crippen LogP contribution in [-0.4, -0.2) is 41.8 Å². The maximum absolute atomic E-state index is 12.2. The maximum Gasteiger partial charge on any atom is 0.339 e. The number of aromatic hydroxyl groups is 1. The van der Waals surface area contributed by atoms with E-state index in [0.717, 1.165) is 12.8 Å². The van der Waals surface area contributed by atoms with E-state index in [9.17, 15) is 19.5 Å². The fourth-order valence-corrected chi connectivity index (χ4v) is 3.37. The molecule has 10 heteroatoms. The lowest BCUT2D eigenvalue weighted by Crippen LogP contribution is -2.19. The van der Waals surface area contributed by atoms with Gasteiger partial charge in [-0.1, -0.05) is 0 Å². The van der Waals surface area contributed by atoms with Crippen molar-refractivity contribution >= 4 is 35.0 Å². The molecule has 10 nitrogen and oxygen atoms in total. The van der Waals surface area contributed by atoms with Gasteiger partial charge in [0.15, 0.2) is 0 Å². The zero-order valence-corrected chi connectivity index (χ0v) is 20.3. The normalized spacial score (nSPS) is 10.3. The number of methoxy groups -OCH3 is 1. The van der Waals surface area contributed by atoms with Gasteiger partial charge >= 0.3 is 12.0 Å². The molecule has 0 aliphatic heterocycles. The molecular weight excluding hydrogens is 478 g/mol. The van der Waals surface area contributed by atoms with E-state index in [4.69, 9.17) is 14.6 Å². The number of rotatable bonds is 12. The lowest BCUT2D eigenvalue weighted by atomic mass is 10.1. The molecule has 5 N–H and O–H groups in total. The van der Waals surface area contributed by atoms with E-state index < -0.39 is 11.7 Å². The monoisotopic (exact) mass is 507 g/mol. The van der Waals surface area contributed by atoms with Crippen molar-refractivity contribution in [2.75, 3.05) is 29.7 Å². The van der Waals surface area contributed by atoms with Gasteiger partial charge in [0.1, 0.15) is 22.8 Å². The van der Waals surface area contributed by atoms with E-state index >= 15 is 0 Å². The van der Waals surface area contributed by atoms with E-state index in [1.807, 2.05) is 0 Å². The number of carboxylic acid groups (broad SMARTS) is 1. The molecule has 0 bridgehead atoms. The smallest absolute Gasteiger partial charge is 0.339 e. The molecular formula is C27H29N3O7. The molecule has 0 fully saturated rings. The number of ether oxygens (including phenoxy) is 2. The Morgan fingerprint density at radius 3 is 1.92 bits per heavy atom. The average Bonchev–Trinajstić information content (AvgIpc) is 2.87. The van der Waals surface area contributed by atoms with Crippen molar-refractivity contribution in [2.24, 2.45) is 0 Å². The second kappa shape index (κ2) is 13.4. The van der Waals surface area contributed by atoms with Crippen LogP contribution < -0.4 is 25.4 Å². The highest BCUT2D eigenvalue weighted by Gasteiger charge is 2.11. The van der Waals surface area contributed by atoms with Gasteiger partial charge in [-0.25, -0.2) is 9.59 Å². The molecule has 0 saturated carbocycles. The summed E-state index contributed by atoms with van der Waals surface area (Å²) in [5.41, 5.74) is 1.38. The SMILES string of the molecule is COc1ccc(NC(=O)Nc2ccc(OCCCCCC(=O)Nc3ccc(C(=O)O)c(O)c3)cc2)cc1. The number of nitrogens with one attached hydrogen (secondary N) is 3. The Bertz CT molecular complexity index is 1210. The van der Waals surface area contributed by atoms with Crippen molar-refractivity contribution in [2.45, 2.75) is 25.7 Å². The van der Waals surface area contributed by atoms with Crippen LogP contribution in [0.15, 0.2) is 66.7 Å². The zero-order chi connectivity index (χ0) is 26.6. The lowest BCUT2D eigenvalue weighted by molar-refractivity contribution is -0.116. The number of unbranched alkanes of at least 4 members (excludes halogenated alkanes) is 2. The number of carbonyl (C=O) groups is 3. The van der Waals surface area contributed by atoms with Crippen molar-refractivity contribution in [3.63, 3.8) is 0 Å². The summed E-state index contributed by atoms with van der Waals surface area (Å²) in [7, 11) is 1.58. The molecule has 3 aromatic carbocycles. The standard InChI is InChI=1S/C27H29N3O7/c1-36-21-11-6-18(7-12-21)29-27(35)30-19-8-13-22(14-9-19)37-16-4-2-3-5-25(32)28-20-10-15-23(26(33)34)24(31)17-20/h6-15,17,31H,2-5,16H2,1H3,(H,28,32)(H,33,34)(H2,29,30,35). The number of hydrogen-bond donors (Lipinski definition) is 5. The van der Waals surface area contributed by atoms with E-state index in [2.05, 4.69) is 16.0 Å². The van der Waals surface area contributed by atoms with Gasteiger partial charge in [0.2, 0.25) is 5.91 Å². The maximum atomic E-state index is 12.2. The molecule has 3 rings (SSSR count). The van der Waals surface area contributed by atoms with E-state index in [1.165, 1.54) is 18.2 Å². The van der Waals surface area contributed by atoms with Crippen molar-refractivity contribution < 1.29 is 34.1 Å². The molecule has 0 aromatic heterocycles. The summed E-state index contributed by atoms with van der Waals surface area (Å²) in [6.45, 7) is 0.483. The molecule has 0 aliphatic rings. The number of carbonyl (C=O) groups excluding carboxylic acids is 2. The van der Waals surface area contributed by atoms with Crippen LogP contribution in [0.25, 0.3) is 0 Å². The largest absolute Gasteiger partial charge is 0.507 e. The van der Waals surface area contributed by atoms with Gasteiger partial charge < -0.3 is 35.6 Å². The Kier molecular flexibility index (Phi) is 9.72. The second-order valence-electron chi connectivity index (χ2n) is 8.08. The van der Waals surface area contributed by atoms with Crippen LogP contribution in [0.3, 0.4) is 0 Å². The minimum Gasteiger partial charge on any atom is -0.507 e. The lowest BCUT2D eigenvalue weighted by Gasteiger charge is -2.10. The highest BCUT2D eigenvalue weighted by Crippen LogP contribution is 2.22. The Hall–Kier alpha value is -4.73. The molecule has 37 heavy (non-hydrogen) atoms. The van der Waals surface area contributed by atoms with Gasteiger partial charge in [0.25, 0.3) is 0 Å². The third kappa shape index (κ3) is 8.77. The molecule has 0 unspecified atom stereocenters. The third-order valence-electron chi connectivity index (χ3n) is 5.29. The second-order valence-corrected chi connectivity index (χ2v) is 8.08. The molecule has 3 amide bonds. The number of carboxylic acids is 1. The van der Waals surface area contributed by atoms with Crippen molar-refractivity contribution in [1.29, 1.82) is 0 Å². The van der Waals surface area contributed by atoms with Crippen LogP contribution in [0, 0.1) is 0 Å². The van der Waals surface area contributed by atoms with Crippen LogP contribution in [0.2, 0.25) is 0 Å². The molecule has 0 radical (unpaired) electrons. The molecule has 0 spiro atoms. The number of aromatic carboxylic acids is 1. The number of anilines is 3. The van der Waals surface area contributed by atoms with Gasteiger partial charge in [-0.3, -0.25) is 4.79 Å². The quantitative estimate of drug-likeness (QED) is 0.209. The number of phenols is 1. The molecule has 0 saturated heterocycles. The van der Waals surface area contributed by atoms with Gasteiger partial charge in [-0.05, 0) is 79.9 Å². The molecule has 194 valence electrons. The Morgan fingerprint density at radius 1 is 0.757 bits per heavy atom. The van der Waals surface area contributed by atoms with E-state index in [1.54, 1.807) is 55.6 Å². The Balaban J connectivity index is 1.30. The minimum absolute atomic E-state index is 0.220. The van der Waals surface area contributed by atoms with Gasteiger partial charge in [-0.15, -0.1) is 0 Å². The zero-order valence-electron chi connectivity index (χ0n) is 20.3. The first-order chi connectivity index (χ1) is 17.8. The van der Waals surface area contributed by atoms with Gasteiger partial charge in [0.05, 0.1) is 13.7 Å². The number of amides is 3. The minimum atomic E-state index is -1.24. The topological polar surface area (TPSA) is 146 Å². The summed E-state index contributed by atoms with van der Waals surface area (Å²) in [4.78, 5) is 35.1. The van der Waals surface area contributed by atoms with Crippen molar-refractivity contribution in [3.05, 3.63) is 72.3 Å². The van der Waals surface area contributed by atoms with Crippen LogP contribution in [0.4, 0.5) is 21.9 Å². The molecule has 0 atom stereocenters.